The van der Waals surface area contributed by atoms with Crippen LogP contribution in [0, 0.1) is 0 Å². The molecular weight excluding hydrogens is 262 g/mol. The molecule has 8 N–H and O–H groups in total. The molecule has 0 unspecified atom stereocenters. The molecule has 0 heterocycles. The first-order valence-corrected chi connectivity index (χ1v) is 0. The number of hydrogen-bond donors (Lipinski definition) is 0. The average Bonchev–Trinajstić information content (AvgIpc) is 0. The van der Waals surface area contributed by atoms with Crippen LogP contribution in [0.1, 0.15) is 0 Å². The summed E-state index contributed by atoms with van der Waals surface area (Å²) in [4.78, 5) is 0. The Hall–Kier alpha value is 1.14. The molecule has 0 aliphatic heterocycles. The van der Waals surface area contributed by atoms with E-state index in [1.807, 2.05) is 0 Å². The molecule has 0 saturated heterocycles. The van der Waals surface area contributed by atoms with E-state index in [9.17, 15) is 0 Å². The zero-order valence-corrected chi connectivity index (χ0v) is 6.47. The summed E-state index contributed by atoms with van der Waals surface area (Å²) in [6.45, 7) is 0. The molecule has 2 radical (unpaired) electrons. The van der Waals surface area contributed by atoms with Gasteiger partial charge in [-0.05, 0) is 0 Å². The summed E-state index contributed by atoms with van der Waals surface area (Å²) in [5.74, 6) is 0. The molecule has 0 aliphatic carbocycles. The summed E-state index contributed by atoms with van der Waals surface area (Å²) in [5.41, 5.74) is 0. The summed E-state index contributed by atoms with van der Waals surface area (Å²) < 4.78 is 0. The number of hydrogen-bond acceptors (Lipinski definition) is 0. The van der Waals surface area contributed by atoms with Gasteiger partial charge in [0.25, 0.3) is 0 Å². The Kier molecular flexibility index (Phi) is 4320. The Balaban J connectivity index is 0. The number of rotatable bonds is 0. The molecule has 0 fully saturated rings. The van der Waals surface area contributed by atoms with Crippen molar-refractivity contribution in [3.05, 3.63) is 0 Å². The van der Waals surface area contributed by atoms with Crippen LogP contribution < -0.4 is 0 Å². The van der Waals surface area contributed by atoms with Gasteiger partial charge in [0.15, 0.2) is 0 Å². The maximum Gasteiger partial charge on any atom is 0 e. The third-order valence-electron chi connectivity index (χ3n) is 0. The quantitative estimate of drug-likeness (QED) is 0.437. The Bertz CT molecular complexity index is 5.51. The maximum absolute atomic E-state index is 0. The van der Waals surface area contributed by atoms with E-state index < -0.39 is 0 Å². The van der Waals surface area contributed by atoms with Crippen LogP contribution in [0.5, 0.6) is 0 Å². The van der Waals surface area contributed by atoms with E-state index in [1.54, 1.807) is 0 Å². The van der Waals surface area contributed by atoms with E-state index in [1.165, 1.54) is 0 Å². The minimum atomic E-state index is 0. The molecule has 46 valence electrons. The van der Waals surface area contributed by atoms with Gasteiger partial charge in [-0.3, -0.25) is 0 Å². The molecule has 0 aromatic heterocycles. The molecular formula is H8O4Tc2. The van der Waals surface area contributed by atoms with Crippen molar-refractivity contribution in [3.8, 4) is 0 Å². The summed E-state index contributed by atoms with van der Waals surface area (Å²) in [6, 6.07) is 0. The van der Waals surface area contributed by atoms with Gasteiger partial charge in [0, 0.05) is 40.2 Å². The van der Waals surface area contributed by atoms with E-state index in [-0.39, 0.29) is 62.1 Å². The van der Waals surface area contributed by atoms with Gasteiger partial charge in [-0.25, -0.2) is 0 Å². The smallest absolute Gasteiger partial charge is 0 e. The van der Waals surface area contributed by atoms with Crippen LogP contribution in [0.15, 0.2) is 0 Å². The van der Waals surface area contributed by atoms with E-state index in [4.69, 9.17) is 0 Å². The molecule has 0 rings (SSSR count). The second-order valence-corrected chi connectivity index (χ2v) is 0. The Morgan fingerprint density at radius 2 is 0.333 bits per heavy atom. The molecule has 0 saturated carbocycles. The molecule has 0 spiro atoms. The van der Waals surface area contributed by atoms with Gasteiger partial charge in [-0.2, -0.15) is 0 Å². The first kappa shape index (κ1) is 207. The summed E-state index contributed by atoms with van der Waals surface area (Å²) >= 11 is 0. The monoisotopic (exact) mass is 270 g/mol. The summed E-state index contributed by atoms with van der Waals surface area (Å²) in [5, 5.41) is 0. The van der Waals surface area contributed by atoms with E-state index >= 15 is 0 Å². The van der Waals surface area contributed by atoms with Crippen molar-refractivity contribution in [2.75, 3.05) is 0 Å². The fourth-order valence-corrected chi connectivity index (χ4v) is 0. The zero-order chi connectivity index (χ0) is 0. The predicted octanol–water partition coefficient (Wildman–Crippen LogP) is -3.30. The second kappa shape index (κ2) is 125. The molecule has 0 amide bonds. The van der Waals surface area contributed by atoms with Crippen molar-refractivity contribution < 1.29 is 62.1 Å². The fraction of sp³-hybridized carbons (Fsp3) is 0. The fourth-order valence-electron chi connectivity index (χ4n) is 0. The largest absolute Gasteiger partial charge is 0.412 e. The van der Waals surface area contributed by atoms with Crippen molar-refractivity contribution >= 4 is 0 Å². The van der Waals surface area contributed by atoms with Gasteiger partial charge in [-0.1, -0.05) is 0 Å². The van der Waals surface area contributed by atoms with Crippen LogP contribution in [0.25, 0.3) is 0 Å². The van der Waals surface area contributed by atoms with Crippen LogP contribution in [-0.2, 0) is 40.2 Å². The van der Waals surface area contributed by atoms with Crippen molar-refractivity contribution in [2.45, 2.75) is 0 Å². The first-order chi connectivity index (χ1) is 0. The molecule has 0 aliphatic rings. The normalized spacial score (nSPS) is 0. The van der Waals surface area contributed by atoms with Gasteiger partial charge in [0.2, 0.25) is 0 Å². The SMILES string of the molecule is O.O.O.O.[99Tc].[99Tc]. The molecule has 0 atom stereocenters. The molecule has 0 aromatic rings. The zero-order valence-electron chi connectivity index (χ0n) is 2.76. The van der Waals surface area contributed by atoms with E-state index in [0.29, 0.717) is 0 Å². The standard InChI is InChI=1S/4H2O.2Tc/h4*1H2;;/i;;;;2*1+1. The Labute approximate surface area is 62.2 Å². The molecule has 6 heavy (non-hydrogen) atoms. The minimum Gasteiger partial charge on any atom is -0.412 e. The molecule has 0 aromatic carbocycles. The van der Waals surface area contributed by atoms with Gasteiger partial charge < -0.3 is 21.9 Å². The van der Waals surface area contributed by atoms with Crippen molar-refractivity contribution in [1.29, 1.82) is 0 Å². The first-order valence-electron chi connectivity index (χ1n) is 0. The van der Waals surface area contributed by atoms with Crippen LogP contribution in [0.4, 0.5) is 0 Å². The van der Waals surface area contributed by atoms with Crippen molar-refractivity contribution in [3.63, 3.8) is 0 Å². The minimum absolute atomic E-state index is 0. The van der Waals surface area contributed by atoms with Crippen LogP contribution in [0.3, 0.4) is 0 Å². The van der Waals surface area contributed by atoms with Gasteiger partial charge in [-0.15, -0.1) is 0 Å². The second-order valence-electron chi connectivity index (χ2n) is 0. The third-order valence-corrected chi connectivity index (χ3v) is 0. The van der Waals surface area contributed by atoms with E-state index in [0.717, 1.165) is 0 Å². The summed E-state index contributed by atoms with van der Waals surface area (Å²) in [6.07, 6.45) is 0. The molecule has 0 bridgehead atoms. The average molecular weight is 270 g/mol. The van der Waals surface area contributed by atoms with Gasteiger partial charge in [0.05, 0.1) is 0 Å². The van der Waals surface area contributed by atoms with Crippen LogP contribution in [-0.4, -0.2) is 21.9 Å². The summed E-state index contributed by atoms with van der Waals surface area (Å²) in [7, 11) is 0. The third kappa shape index (κ3) is 67.9. The Morgan fingerprint density at radius 3 is 0.333 bits per heavy atom. The topological polar surface area (TPSA) is 126 Å². The predicted molar refractivity (Wildman–Crippen MR) is 14.5 cm³/mol. The van der Waals surface area contributed by atoms with Crippen molar-refractivity contribution in [1.82, 2.24) is 0 Å². The molecule has 6 heteroatoms. The van der Waals surface area contributed by atoms with Gasteiger partial charge >= 0.3 is 0 Å². The van der Waals surface area contributed by atoms with Crippen LogP contribution in [0.2, 0.25) is 0 Å². The van der Waals surface area contributed by atoms with Crippen molar-refractivity contribution in [2.24, 2.45) is 0 Å². The molecule has 4 nitrogen and oxygen atoms in total. The van der Waals surface area contributed by atoms with Gasteiger partial charge in [0.1, 0.15) is 0 Å². The maximum atomic E-state index is 0. The van der Waals surface area contributed by atoms with Crippen LogP contribution >= 0.6 is 0 Å². The van der Waals surface area contributed by atoms with E-state index in [2.05, 4.69) is 0 Å². The Morgan fingerprint density at radius 1 is 0.333 bits per heavy atom.